The predicted octanol–water partition coefficient (Wildman–Crippen LogP) is 4.69. The second-order valence-corrected chi connectivity index (χ2v) is 8.86. The van der Waals surface area contributed by atoms with Crippen molar-refractivity contribution in [2.24, 2.45) is 0 Å². The third kappa shape index (κ3) is 3.43. The zero-order valence-electron chi connectivity index (χ0n) is 16.9. The van der Waals surface area contributed by atoms with Crippen LogP contribution in [-0.2, 0) is 22.6 Å². The van der Waals surface area contributed by atoms with Crippen molar-refractivity contribution in [1.29, 1.82) is 0 Å². The van der Waals surface area contributed by atoms with Crippen LogP contribution in [0.4, 0.5) is 0 Å². The molecule has 0 radical (unpaired) electrons. The number of benzene rings is 2. The first kappa shape index (κ1) is 19.6. The van der Waals surface area contributed by atoms with E-state index >= 15 is 0 Å². The molecule has 0 aliphatic carbocycles. The number of rotatable bonds is 4. The Hall–Kier alpha value is -3.38. The van der Waals surface area contributed by atoms with Crippen LogP contribution in [0.2, 0.25) is 0 Å². The summed E-state index contributed by atoms with van der Waals surface area (Å²) in [5.41, 5.74) is 2.57. The molecule has 2 atom stereocenters. The van der Waals surface area contributed by atoms with Crippen molar-refractivity contribution < 1.29 is 19.4 Å². The minimum atomic E-state index is -0.656. The summed E-state index contributed by atoms with van der Waals surface area (Å²) in [7, 11) is 0. The van der Waals surface area contributed by atoms with E-state index in [-0.39, 0.29) is 17.4 Å². The zero-order chi connectivity index (χ0) is 21.5. The van der Waals surface area contributed by atoms with E-state index in [2.05, 4.69) is 0 Å². The number of hydrogen-bond acceptors (Lipinski definition) is 5. The lowest BCUT2D eigenvalue weighted by atomic mass is 9.98. The number of likely N-dealkylation sites (tertiary alicyclic amines) is 1. The molecule has 1 saturated heterocycles. The van der Waals surface area contributed by atoms with Crippen LogP contribution in [0.15, 0.2) is 71.6 Å². The Labute approximate surface area is 184 Å². The van der Waals surface area contributed by atoms with E-state index in [9.17, 15) is 14.7 Å². The number of carbonyl (C=O) groups excluding carboxylic acids is 2. The smallest absolute Gasteiger partial charge is 0.295 e. The average molecular weight is 432 g/mol. The molecule has 2 unspecified atom stereocenters. The van der Waals surface area contributed by atoms with E-state index in [0.717, 1.165) is 28.2 Å². The van der Waals surface area contributed by atoms with E-state index < -0.39 is 17.7 Å². The van der Waals surface area contributed by atoms with Crippen molar-refractivity contribution >= 4 is 28.8 Å². The van der Waals surface area contributed by atoms with Crippen molar-refractivity contribution in [2.75, 3.05) is 0 Å². The van der Waals surface area contributed by atoms with E-state index in [1.165, 1.54) is 11.3 Å². The Bertz CT molecular complexity index is 1180. The standard InChI is InChI=1S/C25H21NO4S/c1-15-12-18-13-17(9-10-19(18)30-15)23(27)21-22(20-8-5-11-31-20)26(25(29)24(21)28)14-16-6-3-2-4-7-16/h2-11,13,15,22,27H,12,14H2,1H3/b23-21-. The number of aliphatic hydroxyl groups excluding tert-OH is 1. The fraction of sp³-hybridized carbons (Fsp3) is 0.200. The first-order valence-corrected chi connectivity index (χ1v) is 11.1. The largest absolute Gasteiger partial charge is 0.507 e. The van der Waals surface area contributed by atoms with Crippen molar-refractivity contribution in [3.63, 3.8) is 0 Å². The van der Waals surface area contributed by atoms with Crippen LogP contribution in [0.1, 0.15) is 34.5 Å². The number of ether oxygens (including phenoxy) is 1. The van der Waals surface area contributed by atoms with Crippen LogP contribution in [0.3, 0.4) is 0 Å². The minimum Gasteiger partial charge on any atom is -0.507 e. The Kier molecular flexibility index (Phi) is 4.87. The maximum Gasteiger partial charge on any atom is 0.295 e. The fourth-order valence-electron chi connectivity index (χ4n) is 4.29. The van der Waals surface area contributed by atoms with Gasteiger partial charge in [0, 0.05) is 23.4 Å². The Morgan fingerprint density at radius 2 is 1.94 bits per heavy atom. The average Bonchev–Trinajstić information content (AvgIpc) is 3.48. The van der Waals surface area contributed by atoms with Crippen LogP contribution < -0.4 is 4.74 Å². The van der Waals surface area contributed by atoms with Crippen molar-refractivity contribution in [3.8, 4) is 5.75 Å². The summed E-state index contributed by atoms with van der Waals surface area (Å²) < 4.78 is 5.74. The maximum absolute atomic E-state index is 13.1. The van der Waals surface area contributed by atoms with Crippen LogP contribution in [0.5, 0.6) is 5.75 Å². The highest BCUT2D eigenvalue weighted by molar-refractivity contribution is 7.10. The second kappa shape index (κ2) is 7.71. The molecule has 1 fully saturated rings. The third-order valence-electron chi connectivity index (χ3n) is 5.72. The number of nitrogens with zero attached hydrogens (tertiary/aromatic N) is 1. The van der Waals surface area contributed by atoms with Gasteiger partial charge in [-0.15, -0.1) is 11.3 Å². The molecule has 0 bridgehead atoms. The monoisotopic (exact) mass is 431 g/mol. The van der Waals surface area contributed by atoms with E-state index in [0.29, 0.717) is 12.1 Å². The highest BCUT2D eigenvalue weighted by atomic mass is 32.1. The molecule has 5 rings (SSSR count). The molecule has 2 aliphatic rings. The molecule has 1 aromatic heterocycles. The normalized spacial score (nSPS) is 21.9. The SMILES string of the molecule is CC1Cc2cc(/C(O)=C3/C(=O)C(=O)N(Cc4ccccc4)C3c3cccs3)ccc2O1. The van der Waals surface area contributed by atoms with Crippen molar-refractivity contribution in [3.05, 3.63) is 93.2 Å². The number of amides is 1. The van der Waals surface area contributed by atoms with Crippen molar-refractivity contribution in [2.45, 2.75) is 32.0 Å². The first-order valence-electron chi connectivity index (χ1n) is 10.2. The van der Waals surface area contributed by atoms with Gasteiger partial charge < -0.3 is 14.7 Å². The molecule has 6 heteroatoms. The van der Waals surface area contributed by atoms with Crippen LogP contribution >= 0.6 is 11.3 Å². The first-order chi connectivity index (χ1) is 15.0. The summed E-state index contributed by atoms with van der Waals surface area (Å²) in [6.45, 7) is 2.28. The lowest BCUT2D eigenvalue weighted by molar-refractivity contribution is -0.140. The molecule has 5 nitrogen and oxygen atoms in total. The van der Waals surface area contributed by atoms with Gasteiger partial charge in [0.2, 0.25) is 0 Å². The molecular weight excluding hydrogens is 410 g/mol. The van der Waals surface area contributed by atoms with Crippen LogP contribution in [-0.4, -0.2) is 27.8 Å². The molecule has 156 valence electrons. The summed E-state index contributed by atoms with van der Waals surface area (Å²) in [4.78, 5) is 28.5. The molecule has 0 spiro atoms. The molecule has 3 aromatic rings. The molecule has 2 aromatic carbocycles. The Morgan fingerprint density at radius 1 is 1.13 bits per heavy atom. The molecule has 31 heavy (non-hydrogen) atoms. The van der Waals surface area contributed by atoms with Gasteiger partial charge in [-0.05, 0) is 47.7 Å². The maximum atomic E-state index is 13.1. The molecule has 1 N–H and O–H groups in total. The number of carbonyl (C=O) groups is 2. The van der Waals surface area contributed by atoms with Gasteiger partial charge in [-0.1, -0.05) is 36.4 Å². The van der Waals surface area contributed by atoms with E-state index in [4.69, 9.17) is 4.74 Å². The van der Waals surface area contributed by atoms with Crippen LogP contribution in [0, 0.1) is 0 Å². The molecule has 1 amide bonds. The van der Waals surface area contributed by atoms with Gasteiger partial charge in [-0.2, -0.15) is 0 Å². The molecule has 0 saturated carbocycles. The summed E-state index contributed by atoms with van der Waals surface area (Å²) in [6.07, 6.45) is 0.822. The third-order valence-corrected chi connectivity index (χ3v) is 6.64. The summed E-state index contributed by atoms with van der Waals surface area (Å²) in [5, 5.41) is 13.1. The number of aliphatic hydroxyl groups is 1. The fourth-order valence-corrected chi connectivity index (χ4v) is 5.14. The molecule has 2 aliphatic heterocycles. The number of ketones is 1. The topological polar surface area (TPSA) is 66.8 Å². The highest BCUT2D eigenvalue weighted by Gasteiger charge is 2.46. The van der Waals surface area contributed by atoms with Gasteiger partial charge in [0.15, 0.2) is 0 Å². The lowest BCUT2D eigenvalue weighted by Crippen LogP contribution is -2.28. The number of fused-ring (bicyclic) bond motifs is 1. The number of hydrogen-bond donors (Lipinski definition) is 1. The van der Waals surface area contributed by atoms with Gasteiger partial charge in [0.05, 0.1) is 11.6 Å². The quantitative estimate of drug-likeness (QED) is 0.370. The summed E-state index contributed by atoms with van der Waals surface area (Å²) in [6, 6.07) is 18.1. The van der Waals surface area contributed by atoms with E-state index in [1.54, 1.807) is 11.0 Å². The Morgan fingerprint density at radius 3 is 2.68 bits per heavy atom. The highest BCUT2D eigenvalue weighted by Crippen LogP contribution is 2.42. The van der Waals surface area contributed by atoms with Crippen LogP contribution in [0.25, 0.3) is 5.76 Å². The molecule has 3 heterocycles. The summed E-state index contributed by atoms with van der Waals surface area (Å²) >= 11 is 1.46. The van der Waals surface area contributed by atoms with Gasteiger partial charge >= 0.3 is 0 Å². The number of thiophene rings is 1. The van der Waals surface area contributed by atoms with Gasteiger partial charge in [-0.3, -0.25) is 9.59 Å². The summed E-state index contributed by atoms with van der Waals surface area (Å²) in [5.74, 6) is -0.600. The lowest BCUT2D eigenvalue weighted by Gasteiger charge is -2.24. The van der Waals surface area contributed by atoms with Crippen molar-refractivity contribution in [1.82, 2.24) is 4.90 Å². The second-order valence-electron chi connectivity index (χ2n) is 7.88. The number of Topliss-reactive ketones (excluding diaryl/α,β-unsaturated/α-hetero) is 1. The Balaban J connectivity index is 1.60. The molecular formula is C25H21NO4S. The van der Waals surface area contributed by atoms with Gasteiger partial charge in [0.25, 0.3) is 11.7 Å². The zero-order valence-corrected chi connectivity index (χ0v) is 17.8. The van der Waals surface area contributed by atoms with Gasteiger partial charge in [-0.25, -0.2) is 0 Å². The minimum absolute atomic E-state index is 0.0787. The van der Waals surface area contributed by atoms with E-state index in [1.807, 2.05) is 66.9 Å². The predicted molar refractivity (Wildman–Crippen MR) is 119 cm³/mol. The van der Waals surface area contributed by atoms with Gasteiger partial charge in [0.1, 0.15) is 17.6 Å².